The molecule has 0 saturated heterocycles. The maximum absolute atomic E-state index is 9.63. The van der Waals surface area contributed by atoms with Crippen LogP contribution >= 0.6 is 12.6 Å². The second-order valence-electron chi connectivity index (χ2n) is 2.96. The molecule has 2 N–H and O–H groups in total. The summed E-state index contributed by atoms with van der Waals surface area (Å²) in [6, 6.07) is 0. The predicted molar refractivity (Wildman–Crippen MR) is 62.9 cm³/mol. The van der Waals surface area contributed by atoms with Crippen molar-refractivity contribution in [3.8, 4) is 0 Å². The van der Waals surface area contributed by atoms with E-state index >= 15 is 0 Å². The molecule has 0 aromatic rings. The van der Waals surface area contributed by atoms with Crippen LogP contribution in [0, 0.1) is 0 Å². The monoisotopic (exact) mass is 235 g/mol. The van der Waals surface area contributed by atoms with Crippen molar-refractivity contribution in [1.82, 2.24) is 0 Å². The van der Waals surface area contributed by atoms with E-state index in [4.69, 9.17) is 9.84 Å². The average molecular weight is 235 g/mol. The lowest BCUT2D eigenvalue weighted by Crippen LogP contribution is -2.32. The fourth-order valence-corrected chi connectivity index (χ4v) is 2.82. The highest BCUT2D eigenvalue weighted by Crippen LogP contribution is 2.01. The predicted octanol–water partition coefficient (Wildman–Crippen LogP) is 0.646. The Bertz CT molecular complexity index is 175. The molecule has 0 bridgehead atoms. The van der Waals surface area contributed by atoms with E-state index in [2.05, 4.69) is 19.6 Å². The number of aliphatic hydroxyl groups excluding tert-OH is 2. The van der Waals surface area contributed by atoms with E-state index in [1.54, 1.807) is 0 Å². The fourth-order valence-electron chi connectivity index (χ4n) is 1.03. The van der Waals surface area contributed by atoms with Gasteiger partial charge in [0, 0.05) is 11.5 Å². The molecule has 0 aromatic heterocycles. The molecule has 0 amide bonds. The van der Waals surface area contributed by atoms with Crippen LogP contribution in [-0.2, 0) is 4.74 Å². The van der Waals surface area contributed by atoms with Crippen molar-refractivity contribution in [1.29, 1.82) is 0 Å². The molecule has 0 aliphatic heterocycles. The van der Waals surface area contributed by atoms with Gasteiger partial charge in [-0.25, -0.2) is 0 Å². The van der Waals surface area contributed by atoms with Gasteiger partial charge in [0.2, 0.25) is 0 Å². The van der Waals surface area contributed by atoms with Crippen molar-refractivity contribution in [3.63, 3.8) is 0 Å². The first-order valence-electron chi connectivity index (χ1n) is 4.88. The van der Waals surface area contributed by atoms with E-state index in [0.717, 1.165) is 12.8 Å². The van der Waals surface area contributed by atoms with Gasteiger partial charge in [-0.05, 0) is 13.3 Å². The number of hydrogen-bond donors (Lipinski definition) is 3. The Morgan fingerprint density at radius 1 is 1.50 bits per heavy atom. The summed E-state index contributed by atoms with van der Waals surface area (Å²) in [4.78, 5) is 0.175. The van der Waals surface area contributed by atoms with Gasteiger partial charge in [0.15, 0.2) is 0 Å². The molecule has 3 nitrogen and oxygen atoms in total. The minimum absolute atomic E-state index is 0.167. The van der Waals surface area contributed by atoms with Crippen LogP contribution in [0.5, 0.6) is 0 Å². The molecular weight excluding hydrogens is 216 g/mol. The molecule has 0 spiro atoms. The Morgan fingerprint density at radius 3 is 2.57 bits per heavy atom. The van der Waals surface area contributed by atoms with Crippen LogP contribution in [0.15, 0.2) is 0 Å². The van der Waals surface area contributed by atoms with Gasteiger partial charge in [0.1, 0.15) is 6.10 Å². The SMILES string of the molecule is CCCC(S)[Si]=C(O)C(CO)OCC. The number of hydrogen-bond acceptors (Lipinski definition) is 4. The van der Waals surface area contributed by atoms with Crippen LogP contribution in [0.4, 0.5) is 0 Å². The molecule has 0 fully saturated rings. The van der Waals surface area contributed by atoms with Gasteiger partial charge in [-0.3, -0.25) is 0 Å². The number of rotatable bonds is 7. The van der Waals surface area contributed by atoms with Crippen molar-refractivity contribution in [2.24, 2.45) is 0 Å². The third kappa shape index (κ3) is 5.80. The molecule has 5 heteroatoms. The van der Waals surface area contributed by atoms with Gasteiger partial charge in [0.05, 0.1) is 21.1 Å². The first kappa shape index (κ1) is 14.2. The maximum atomic E-state index is 9.63. The molecule has 0 rings (SSSR count). The molecule has 0 heterocycles. The van der Waals surface area contributed by atoms with Gasteiger partial charge in [0.25, 0.3) is 0 Å². The highest BCUT2D eigenvalue weighted by molar-refractivity contribution is 7.82. The Morgan fingerprint density at radius 2 is 2.14 bits per heavy atom. The third-order valence-electron chi connectivity index (χ3n) is 1.72. The summed E-state index contributed by atoms with van der Waals surface area (Å²) in [6.45, 7) is 4.24. The first-order chi connectivity index (χ1) is 6.65. The van der Waals surface area contributed by atoms with Crippen molar-refractivity contribution in [2.45, 2.75) is 37.7 Å². The Kier molecular flexibility index (Phi) is 8.56. The van der Waals surface area contributed by atoms with Crippen LogP contribution in [0.25, 0.3) is 0 Å². The zero-order chi connectivity index (χ0) is 11.0. The van der Waals surface area contributed by atoms with Crippen LogP contribution in [0.2, 0.25) is 0 Å². The molecule has 2 unspecified atom stereocenters. The largest absolute Gasteiger partial charge is 0.515 e. The molecule has 2 atom stereocenters. The summed E-state index contributed by atoms with van der Waals surface area (Å²) in [5, 5.41) is 18.8. The van der Waals surface area contributed by atoms with Crippen molar-refractivity contribution in [3.05, 3.63) is 0 Å². The van der Waals surface area contributed by atoms with E-state index in [-0.39, 0.29) is 26.0 Å². The van der Waals surface area contributed by atoms with Crippen molar-refractivity contribution >= 4 is 27.1 Å². The van der Waals surface area contributed by atoms with Gasteiger partial charge >= 0.3 is 0 Å². The van der Waals surface area contributed by atoms with Crippen molar-refractivity contribution < 1.29 is 14.9 Å². The summed E-state index contributed by atoms with van der Waals surface area (Å²) in [6.07, 6.45) is 1.48. The number of ether oxygens (including phenoxy) is 1. The fraction of sp³-hybridized carbons (Fsp3) is 0.889. The second-order valence-corrected chi connectivity index (χ2v) is 5.57. The smallest absolute Gasteiger partial charge is 0.132 e. The Hall–Kier alpha value is 0.157. The van der Waals surface area contributed by atoms with Gasteiger partial charge in [-0.15, -0.1) is 0 Å². The molecule has 0 aliphatic rings. The van der Waals surface area contributed by atoms with Crippen LogP contribution in [0.1, 0.15) is 26.7 Å². The van der Waals surface area contributed by atoms with Crippen LogP contribution < -0.4 is 0 Å². The molecule has 0 aromatic carbocycles. The van der Waals surface area contributed by atoms with E-state index in [1.165, 1.54) is 0 Å². The minimum atomic E-state index is -0.537. The van der Waals surface area contributed by atoms with E-state index in [0.29, 0.717) is 6.61 Å². The molecule has 0 saturated carbocycles. The quantitative estimate of drug-likeness (QED) is 0.448. The molecular formula is C9H19O3SSi. The minimum Gasteiger partial charge on any atom is -0.515 e. The van der Waals surface area contributed by atoms with Crippen LogP contribution in [0.3, 0.4) is 0 Å². The normalized spacial score (nSPS) is 16.7. The van der Waals surface area contributed by atoms with E-state index < -0.39 is 6.10 Å². The van der Waals surface area contributed by atoms with Crippen LogP contribution in [-0.4, -0.2) is 48.9 Å². The third-order valence-corrected chi connectivity index (χ3v) is 3.60. The molecule has 1 radical (unpaired) electrons. The number of aliphatic hydroxyl groups is 2. The number of thiol groups is 1. The maximum Gasteiger partial charge on any atom is 0.132 e. The summed E-state index contributed by atoms with van der Waals surface area (Å²) in [5.41, 5.74) is 0. The summed E-state index contributed by atoms with van der Waals surface area (Å²) in [5.74, 6) is 0. The lowest BCUT2D eigenvalue weighted by atomic mass is 10.4. The highest BCUT2D eigenvalue weighted by Gasteiger charge is 2.13. The van der Waals surface area contributed by atoms with Gasteiger partial charge in [-0.1, -0.05) is 13.3 Å². The zero-order valence-corrected chi connectivity index (χ0v) is 10.6. The highest BCUT2D eigenvalue weighted by atomic mass is 32.1. The van der Waals surface area contributed by atoms with Gasteiger partial charge < -0.3 is 14.9 Å². The Labute approximate surface area is 93.3 Å². The van der Waals surface area contributed by atoms with E-state index in [9.17, 15) is 5.11 Å². The molecule has 14 heavy (non-hydrogen) atoms. The standard InChI is InChI=1S/C9H19O3SSi/c1-3-5-8(13)14-9(11)7(6-10)12-4-2/h7-8,10-11,13H,3-6H2,1-2H3. The summed E-state index contributed by atoms with van der Waals surface area (Å²) >= 11 is 4.35. The Balaban J connectivity index is 4.16. The van der Waals surface area contributed by atoms with Crippen molar-refractivity contribution in [2.75, 3.05) is 13.2 Å². The average Bonchev–Trinajstić information content (AvgIpc) is 2.14. The molecule has 0 aliphatic carbocycles. The second kappa shape index (κ2) is 8.46. The summed E-state index contributed by atoms with van der Waals surface area (Å²) in [7, 11) is 0.235. The lowest BCUT2D eigenvalue weighted by Gasteiger charge is -2.14. The lowest BCUT2D eigenvalue weighted by molar-refractivity contribution is 0.0545. The topological polar surface area (TPSA) is 49.7 Å². The zero-order valence-electron chi connectivity index (χ0n) is 8.73. The summed E-state index contributed by atoms with van der Waals surface area (Å²) < 4.78 is 5.17. The van der Waals surface area contributed by atoms with E-state index in [1.807, 2.05) is 6.92 Å². The van der Waals surface area contributed by atoms with Gasteiger partial charge in [-0.2, -0.15) is 12.6 Å². The molecule has 83 valence electrons. The first-order valence-corrected chi connectivity index (χ1v) is 6.47.